The summed E-state index contributed by atoms with van der Waals surface area (Å²) in [4.78, 5) is 25.3. The van der Waals surface area contributed by atoms with Crippen molar-refractivity contribution in [1.82, 2.24) is 0 Å². The van der Waals surface area contributed by atoms with Crippen molar-refractivity contribution >= 4 is 11.9 Å². The minimum absolute atomic E-state index is 0.0600. The molecule has 0 rings (SSSR count). The van der Waals surface area contributed by atoms with Crippen LogP contribution in [0.5, 0.6) is 0 Å². The molecule has 0 aliphatic rings. The van der Waals surface area contributed by atoms with E-state index in [0.29, 0.717) is 19.4 Å². The maximum Gasteiger partial charge on any atom is 0.306 e. The highest BCUT2D eigenvalue weighted by atomic mass is 16.6. The molecule has 0 heterocycles. The standard InChI is InChI=1S/C55H92O5/c1-4-7-10-13-16-19-22-25-27-29-32-35-38-41-44-47-50-58-51-53(60-55(57)49-46-43-40-37-34-30-24-21-18-15-12-9-6-3)52-59-54(56)48-45-42-39-36-33-31-28-26-23-20-17-14-11-8-5-2/h7-8,10-12,15-17,19-21,24-28,53H,4-6,9,13-14,18,22-23,29-52H2,1-3H3/b10-7-,11-8-,15-12-,19-16-,20-17-,24-21-,27-25-,28-26-. The number of hydrogen-bond acceptors (Lipinski definition) is 5. The van der Waals surface area contributed by atoms with Crippen LogP contribution in [-0.4, -0.2) is 37.9 Å². The minimum atomic E-state index is -0.562. The maximum atomic E-state index is 12.8. The summed E-state index contributed by atoms with van der Waals surface area (Å²) in [6.07, 6.45) is 66.9. The summed E-state index contributed by atoms with van der Waals surface area (Å²) in [5, 5.41) is 0. The number of carbonyl (C=O) groups excluding carboxylic acids is 2. The summed E-state index contributed by atoms with van der Waals surface area (Å²) in [7, 11) is 0. The van der Waals surface area contributed by atoms with Gasteiger partial charge in [-0.2, -0.15) is 0 Å². The Morgan fingerprint density at radius 2 is 0.750 bits per heavy atom. The van der Waals surface area contributed by atoms with E-state index < -0.39 is 6.10 Å². The molecule has 0 saturated heterocycles. The third-order valence-electron chi connectivity index (χ3n) is 10.1. The van der Waals surface area contributed by atoms with Crippen LogP contribution >= 0.6 is 0 Å². The Balaban J connectivity index is 4.35. The molecule has 1 atom stereocenters. The molecule has 5 nitrogen and oxygen atoms in total. The van der Waals surface area contributed by atoms with Crippen molar-refractivity contribution in [3.8, 4) is 0 Å². The second kappa shape index (κ2) is 50.2. The monoisotopic (exact) mass is 833 g/mol. The van der Waals surface area contributed by atoms with E-state index in [4.69, 9.17) is 14.2 Å². The Labute approximate surface area is 371 Å². The van der Waals surface area contributed by atoms with Gasteiger partial charge in [0.15, 0.2) is 6.10 Å². The number of allylic oxidation sites excluding steroid dienone is 16. The van der Waals surface area contributed by atoms with E-state index in [1.165, 1.54) is 57.8 Å². The first-order valence-corrected chi connectivity index (χ1v) is 24.8. The fourth-order valence-electron chi connectivity index (χ4n) is 6.46. The zero-order valence-electron chi connectivity index (χ0n) is 39.2. The molecule has 0 aliphatic carbocycles. The summed E-state index contributed by atoms with van der Waals surface area (Å²) in [6, 6.07) is 0. The second-order valence-electron chi connectivity index (χ2n) is 15.9. The van der Waals surface area contributed by atoms with Crippen LogP contribution in [0.1, 0.15) is 213 Å². The first-order valence-electron chi connectivity index (χ1n) is 24.8. The fourth-order valence-corrected chi connectivity index (χ4v) is 6.46. The number of esters is 2. The molecule has 0 aromatic rings. The molecule has 0 N–H and O–H groups in total. The molecule has 0 fully saturated rings. The van der Waals surface area contributed by atoms with Gasteiger partial charge in [-0.3, -0.25) is 9.59 Å². The van der Waals surface area contributed by atoms with Gasteiger partial charge >= 0.3 is 11.9 Å². The summed E-state index contributed by atoms with van der Waals surface area (Å²) < 4.78 is 17.3. The lowest BCUT2D eigenvalue weighted by Crippen LogP contribution is -2.30. The van der Waals surface area contributed by atoms with Crippen molar-refractivity contribution in [3.05, 3.63) is 97.2 Å². The molecule has 60 heavy (non-hydrogen) atoms. The van der Waals surface area contributed by atoms with Crippen molar-refractivity contribution in [2.45, 2.75) is 219 Å². The summed E-state index contributed by atoms with van der Waals surface area (Å²) in [5.74, 6) is -0.446. The van der Waals surface area contributed by atoms with E-state index in [9.17, 15) is 9.59 Å². The smallest absolute Gasteiger partial charge is 0.306 e. The SMILES string of the molecule is CC/C=C\C/C=C\C/C=C\CCCCCCCCOCC(COC(=O)CCCCCCC/C=C\C/C=C\C/C=C\CC)OC(=O)CCCCCCC/C=C\C/C=C\CCC. The average molecular weight is 833 g/mol. The first kappa shape index (κ1) is 56.8. The van der Waals surface area contributed by atoms with E-state index in [-0.39, 0.29) is 25.2 Å². The Bertz CT molecular complexity index is 1170. The minimum Gasteiger partial charge on any atom is -0.462 e. The average Bonchev–Trinajstić information content (AvgIpc) is 3.25. The van der Waals surface area contributed by atoms with Gasteiger partial charge in [-0.1, -0.05) is 189 Å². The number of carbonyl (C=O) groups is 2. The van der Waals surface area contributed by atoms with E-state index in [1.54, 1.807) is 0 Å². The predicted molar refractivity (Wildman–Crippen MR) is 260 cm³/mol. The quantitative estimate of drug-likeness (QED) is 0.0348. The molecule has 1 unspecified atom stereocenters. The Morgan fingerprint density at radius 1 is 0.383 bits per heavy atom. The molecule has 0 radical (unpaired) electrons. The Morgan fingerprint density at radius 3 is 1.20 bits per heavy atom. The summed E-state index contributed by atoms with van der Waals surface area (Å²) in [5.41, 5.74) is 0. The van der Waals surface area contributed by atoms with Gasteiger partial charge in [0.05, 0.1) is 6.61 Å². The van der Waals surface area contributed by atoms with Gasteiger partial charge in [-0.25, -0.2) is 0 Å². The first-order chi connectivity index (χ1) is 29.6. The topological polar surface area (TPSA) is 61.8 Å². The summed E-state index contributed by atoms with van der Waals surface area (Å²) >= 11 is 0. The van der Waals surface area contributed by atoms with Crippen LogP contribution in [0, 0.1) is 0 Å². The number of rotatable bonds is 44. The molecule has 0 amide bonds. The van der Waals surface area contributed by atoms with E-state index in [1.807, 2.05) is 0 Å². The van der Waals surface area contributed by atoms with Gasteiger partial charge in [0.25, 0.3) is 0 Å². The van der Waals surface area contributed by atoms with Gasteiger partial charge in [-0.05, 0) is 109 Å². The molecule has 0 aliphatic heterocycles. The van der Waals surface area contributed by atoms with Crippen LogP contribution in [-0.2, 0) is 23.8 Å². The maximum absolute atomic E-state index is 12.8. The van der Waals surface area contributed by atoms with Crippen molar-refractivity contribution in [1.29, 1.82) is 0 Å². The number of hydrogen-bond donors (Lipinski definition) is 0. The zero-order chi connectivity index (χ0) is 43.5. The highest BCUT2D eigenvalue weighted by molar-refractivity contribution is 5.70. The molecule has 0 aromatic heterocycles. The largest absolute Gasteiger partial charge is 0.462 e. The normalized spacial score (nSPS) is 13.1. The van der Waals surface area contributed by atoms with Gasteiger partial charge in [0, 0.05) is 19.4 Å². The zero-order valence-corrected chi connectivity index (χ0v) is 39.2. The van der Waals surface area contributed by atoms with Crippen molar-refractivity contribution in [2.75, 3.05) is 19.8 Å². The predicted octanol–water partition coefficient (Wildman–Crippen LogP) is 16.7. The third-order valence-corrected chi connectivity index (χ3v) is 10.1. The lowest BCUT2D eigenvalue weighted by Gasteiger charge is -2.18. The highest BCUT2D eigenvalue weighted by Crippen LogP contribution is 2.13. The van der Waals surface area contributed by atoms with Gasteiger partial charge in [0.1, 0.15) is 6.61 Å². The fraction of sp³-hybridized carbons (Fsp3) is 0.673. The molecular formula is C55H92O5. The lowest BCUT2D eigenvalue weighted by molar-refractivity contribution is -0.163. The van der Waals surface area contributed by atoms with Crippen molar-refractivity contribution in [3.63, 3.8) is 0 Å². The molecular weight excluding hydrogens is 741 g/mol. The van der Waals surface area contributed by atoms with Crippen LogP contribution in [0.4, 0.5) is 0 Å². The van der Waals surface area contributed by atoms with Crippen LogP contribution in [0.15, 0.2) is 97.2 Å². The molecule has 342 valence electrons. The second-order valence-corrected chi connectivity index (χ2v) is 15.9. The van der Waals surface area contributed by atoms with E-state index in [2.05, 4.69) is 118 Å². The van der Waals surface area contributed by atoms with Gasteiger partial charge in [0.2, 0.25) is 0 Å². The van der Waals surface area contributed by atoms with Crippen LogP contribution < -0.4 is 0 Å². The van der Waals surface area contributed by atoms with Crippen molar-refractivity contribution in [2.24, 2.45) is 0 Å². The van der Waals surface area contributed by atoms with Crippen LogP contribution in [0.3, 0.4) is 0 Å². The molecule has 0 saturated carbocycles. The number of unbranched alkanes of at least 4 members (excludes halogenated alkanes) is 17. The summed E-state index contributed by atoms with van der Waals surface area (Å²) in [6.45, 7) is 7.47. The molecule has 0 aromatic carbocycles. The molecule has 0 bridgehead atoms. The molecule has 0 spiro atoms. The highest BCUT2D eigenvalue weighted by Gasteiger charge is 2.17. The van der Waals surface area contributed by atoms with Gasteiger partial charge in [-0.15, -0.1) is 0 Å². The van der Waals surface area contributed by atoms with E-state index in [0.717, 1.165) is 122 Å². The van der Waals surface area contributed by atoms with Crippen LogP contribution in [0.2, 0.25) is 0 Å². The van der Waals surface area contributed by atoms with Crippen molar-refractivity contribution < 1.29 is 23.8 Å². The Kier molecular flexibility index (Phi) is 47.5. The Hall–Kier alpha value is -3.18. The van der Waals surface area contributed by atoms with Gasteiger partial charge < -0.3 is 14.2 Å². The van der Waals surface area contributed by atoms with Crippen LogP contribution in [0.25, 0.3) is 0 Å². The molecule has 5 heteroatoms. The lowest BCUT2D eigenvalue weighted by atomic mass is 10.1. The van der Waals surface area contributed by atoms with E-state index >= 15 is 0 Å². The third kappa shape index (κ3) is 47.5. The number of ether oxygens (including phenoxy) is 3.